The van der Waals surface area contributed by atoms with Crippen LogP contribution in [0.5, 0.6) is 0 Å². The highest BCUT2D eigenvalue weighted by atomic mass is 16.2. The van der Waals surface area contributed by atoms with Crippen molar-refractivity contribution in [3.05, 3.63) is 36.0 Å². The molecule has 1 aliphatic rings. The van der Waals surface area contributed by atoms with Gasteiger partial charge in [-0.05, 0) is 6.42 Å². The van der Waals surface area contributed by atoms with Crippen LogP contribution >= 0.6 is 0 Å². The van der Waals surface area contributed by atoms with E-state index in [1.807, 2.05) is 32.6 Å². The lowest BCUT2D eigenvalue weighted by Gasteiger charge is -2.38. The minimum atomic E-state index is -0.0282. The average molecular weight is 325 g/mol. The maximum Gasteiger partial charge on any atom is 0.222 e. The molecule has 8 heteroatoms. The number of piperidine rings is 1. The van der Waals surface area contributed by atoms with Crippen LogP contribution in [0.4, 0.5) is 5.82 Å². The third-order valence-electron chi connectivity index (χ3n) is 4.35. The van der Waals surface area contributed by atoms with Crippen LogP contribution in [-0.4, -0.2) is 44.1 Å². The Morgan fingerprint density at radius 3 is 2.92 bits per heavy atom. The normalized spacial score (nSPS) is 20.7. The highest BCUT2D eigenvalue weighted by Crippen LogP contribution is 2.35. The van der Waals surface area contributed by atoms with Crippen molar-refractivity contribution in [2.24, 2.45) is 13.0 Å². The molecule has 2 atom stereocenters. The number of hydrogen-bond acceptors (Lipinski definition) is 6. The quantitative estimate of drug-likeness (QED) is 0.903. The molecule has 3 rings (SSSR count). The second kappa shape index (κ2) is 6.66. The molecule has 1 amide bonds. The Hall–Kier alpha value is -2.95. The lowest BCUT2D eigenvalue weighted by atomic mass is 9.85. The first-order chi connectivity index (χ1) is 11.6. The fourth-order valence-electron chi connectivity index (χ4n) is 3.16. The van der Waals surface area contributed by atoms with Crippen LogP contribution in [0.15, 0.2) is 24.8 Å². The van der Waals surface area contributed by atoms with E-state index in [1.54, 1.807) is 15.8 Å². The van der Waals surface area contributed by atoms with E-state index in [0.29, 0.717) is 18.8 Å². The highest BCUT2D eigenvalue weighted by molar-refractivity contribution is 5.77. The molecular weight excluding hydrogens is 306 g/mol. The molecule has 1 fully saturated rings. The van der Waals surface area contributed by atoms with Gasteiger partial charge in [-0.2, -0.15) is 10.4 Å². The van der Waals surface area contributed by atoms with Crippen molar-refractivity contribution in [2.45, 2.75) is 18.9 Å². The molecule has 3 heterocycles. The van der Waals surface area contributed by atoms with Gasteiger partial charge in [0.05, 0.1) is 24.6 Å². The minimum Gasteiger partial charge on any atom is -0.368 e. The van der Waals surface area contributed by atoms with Crippen LogP contribution in [0.3, 0.4) is 0 Å². The molecule has 0 unspecified atom stereocenters. The predicted molar refractivity (Wildman–Crippen MR) is 86.7 cm³/mol. The molecule has 0 aromatic carbocycles. The number of likely N-dealkylation sites (tertiary alicyclic amines) is 1. The fourth-order valence-corrected chi connectivity index (χ4v) is 3.16. The lowest BCUT2D eigenvalue weighted by molar-refractivity contribution is -0.136. The molecule has 0 bridgehead atoms. The summed E-state index contributed by atoms with van der Waals surface area (Å²) in [6, 6.07) is 1.95. The maximum atomic E-state index is 12.1. The molecule has 0 aliphatic carbocycles. The number of aryl methyl sites for hydroxylation is 1. The molecule has 2 aromatic heterocycles. The first kappa shape index (κ1) is 15.9. The van der Waals surface area contributed by atoms with E-state index in [9.17, 15) is 4.79 Å². The van der Waals surface area contributed by atoms with Crippen molar-refractivity contribution in [2.75, 3.05) is 18.9 Å². The van der Waals surface area contributed by atoms with Crippen molar-refractivity contribution >= 4 is 11.7 Å². The Morgan fingerprint density at radius 2 is 2.21 bits per heavy atom. The number of nitriles is 1. The van der Waals surface area contributed by atoms with E-state index in [4.69, 9.17) is 5.26 Å². The summed E-state index contributed by atoms with van der Waals surface area (Å²) in [5.74, 6) is 0.939. The maximum absolute atomic E-state index is 12.1. The zero-order chi connectivity index (χ0) is 17.1. The van der Waals surface area contributed by atoms with E-state index in [1.165, 1.54) is 6.20 Å². The van der Waals surface area contributed by atoms with Crippen LogP contribution < -0.4 is 5.32 Å². The number of nitrogens with zero attached hydrogens (tertiary/aromatic N) is 6. The summed E-state index contributed by atoms with van der Waals surface area (Å²) in [7, 11) is 3.70. The fraction of sp³-hybridized carbons (Fsp3) is 0.438. The number of aromatic nitrogens is 4. The zero-order valence-electron chi connectivity index (χ0n) is 13.7. The van der Waals surface area contributed by atoms with Crippen LogP contribution in [0.25, 0.3) is 0 Å². The van der Waals surface area contributed by atoms with Gasteiger partial charge in [0.15, 0.2) is 5.69 Å². The first-order valence-electron chi connectivity index (χ1n) is 7.78. The monoisotopic (exact) mass is 325 g/mol. The number of anilines is 1. The van der Waals surface area contributed by atoms with Crippen molar-refractivity contribution in [3.8, 4) is 6.07 Å². The largest absolute Gasteiger partial charge is 0.368 e. The molecule has 1 saturated heterocycles. The van der Waals surface area contributed by atoms with E-state index < -0.39 is 0 Å². The Labute approximate surface area is 140 Å². The first-order valence-corrected chi connectivity index (χ1v) is 7.78. The number of carbonyl (C=O) groups excluding carboxylic acids is 1. The SMILES string of the molecule is CN1C(=O)CC[C@H](CNc2cncc(C#N)n2)[C@H]1c1cnn(C)c1. The standard InChI is InChI=1S/C16H19N7O/c1-22-10-12(7-20-22)16-11(3-4-15(24)23(16)2)6-19-14-9-18-8-13(5-17)21-14/h7-11,16H,3-4,6H2,1-2H3,(H,19,21)/t11-,16+/m1/s1. The second-order valence-electron chi connectivity index (χ2n) is 5.98. The summed E-state index contributed by atoms with van der Waals surface area (Å²) in [6.07, 6.45) is 8.10. The summed E-state index contributed by atoms with van der Waals surface area (Å²) < 4.78 is 1.74. The Balaban J connectivity index is 1.77. The van der Waals surface area contributed by atoms with Crippen LogP contribution in [-0.2, 0) is 11.8 Å². The van der Waals surface area contributed by atoms with E-state index in [0.717, 1.165) is 12.0 Å². The Kier molecular flexibility index (Phi) is 4.42. The number of rotatable bonds is 4. The lowest BCUT2D eigenvalue weighted by Crippen LogP contribution is -2.42. The molecular formula is C16H19N7O. The third-order valence-corrected chi connectivity index (χ3v) is 4.35. The summed E-state index contributed by atoms with van der Waals surface area (Å²) in [4.78, 5) is 22.1. The smallest absolute Gasteiger partial charge is 0.222 e. The van der Waals surface area contributed by atoms with Crippen molar-refractivity contribution in [1.29, 1.82) is 5.26 Å². The zero-order valence-corrected chi connectivity index (χ0v) is 13.7. The van der Waals surface area contributed by atoms with Crippen LogP contribution in [0.2, 0.25) is 0 Å². The minimum absolute atomic E-state index is 0.0282. The topological polar surface area (TPSA) is 99.7 Å². The molecule has 1 aliphatic heterocycles. The molecule has 24 heavy (non-hydrogen) atoms. The average Bonchev–Trinajstić information content (AvgIpc) is 3.02. The van der Waals surface area contributed by atoms with Gasteiger partial charge in [-0.25, -0.2) is 4.98 Å². The van der Waals surface area contributed by atoms with Crippen molar-refractivity contribution < 1.29 is 4.79 Å². The van der Waals surface area contributed by atoms with Gasteiger partial charge in [0.1, 0.15) is 11.9 Å². The number of carbonyl (C=O) groups is 1. The Morgan fingerprint density at radius 1 is 1.38 bits per heavy atom. The van der Waals surface area contributed by atoms with Gasteiger partial charge in [0, 0.05) is 44.7 Å². The van der Waals surface area contributed by atoms with Gasteiger partial charge in [0.2, 0.25) is 5.91 Å². The second-order valence-corrected chi connectivity index (χ2v) is 5.98. The van der Waals surface area contributed by atoms with E-state index in [-0.39, 0.29) is 23.6 Å². The molecule has 2 aromatic rings. The van der Waals surface area contributed by atoms with Crippen LogP contribution in [0.1, 0.15) is 30.1 Å². The highest BCUT2D eigenvalue weighted by Gasteiger charge is 2.35. The molecule has 1 N–H and O–H groups in total. The molecule has 0 spiro atoms. The van der Waals surface area contributed by atoms with Gasteiger partial charge in [-0.1, -0.05) is 0 Å². The summed E-state index contributed by atoms with van der Waals surface area (Å²) in [6.45, 7) is 0.640. The van der Waals surface area contributed by atoms with Gasteiger partial charge in [0.25, 0.3) is 0 Å². The number of amides is 1. The summed E-state index contributed by atoms with van der Waals surface area (Å²) >= 11 is 0. The predicted octanol–water partition coefficient (Wildman–Crippen LogP) is 1.10. The van der Waals surface area contributed by atoms with Crippen LogP contribution in [0, 0.1) is 17.2 Å². The van der Waals surface area contributed by atoms with E-state index in [2.05, 4.69) is 20.4 Å². The van der Waals surface area contributed by atoms with Gasteiger partial charge < -0.3 is 10.2 Å². The van der Waals surface area contributed by atoms with Crippen molar-refractivity contribution in [1.82, 2.24) is 24.6 Å². The molecule has 8 nitrogen and oxygen atoms in total. The van der Waals surface area contributed by atoms with Gasteiger partial charge >= 0.3 is 0 Å². The molecule has 124 valence electrons. The van der Waals surface area contributed by atoms with E-state index >= 15 is 0 Å². The number of hydrogen-bond donors (Lipinski definition) is 1. The van der Waals surface area contributed by atoms with Gasteiger partial charge in [-0.3, -0.25) is 14.5 Å². The third kappa shape index (κ3) is 3.20. The Bertz CT molecular complexity index is 779. The van der Waals surface area contributed by atoms with Gasteiger partial charge in [-0.15, -0.1) is 0 Å². The summed E-state index contributed by atoms with van der Waals surface area (Å²) in [5, 5.41) is 16.4. The molecule has 0 saturated carbocycles. The van der Waals surface area contributed by atoms with Crippen molar-refractivity contribution in [3.63, 3.8) is 0 Å². The number of nitrogens with one attached hydrogen (secondary N) is 1. The molecule has 0 radical (unpaired) electrons. The summed E-state index contributed by atoms with van der Waals surface area (Å²) in [5.41, 5.74) is 1.30.